The lowest BCUT2D eigenvalue weighted by Crippen LogP contribution is -2.39. The largest absolute Gasteiger partial charge is 0.494 e. The number of nitrogens with one attached hydrogen (secondary N) is 1. The summed E-state index contributed by atoms with van der Waals surface area (Å²) >= 11 is 0. The van der Waals surface area contributed by atoms with Crippen LogP contribution in [0.1, 0.15) is 81.6 Å². The van der Waals surface area contributed by atoms with Crippen molar-refractivity contribution < 1.29 is 41.1 Å². The Morgan fingerprint density at radius 2 is 1.39 bits per heavy atom. The van der Waals surface area contributed by atoms with Crippen LogP contribution in [-0.4, -0.2) is 29.2 Å². The Labute approximate surface area is 256 Å². The van der Waals surface area contributed by atoms with Crippen molar-refractivity contribution in [3.8, 4) is 16.9 Å². The number of rotatable bonds is 17. The predicted molar refractivity (Wildman–Crippen MR) is 165 cm³/mol. The molecule has 0 aromatic heterocycles. The molecule has 0 aliphatic rings. The molecule has 0 aliphatic heterocycles. The summed E-state index contributed by atoms with van der Waals surface area (Å²) in [5.74, 6) is -4.77. The van der Waals surface area contributed by atoms with E-state index in [1.54, 1.807) is 24.3 Å². The first-order valence-corrected chi connectivity index (χ1v) is 16.4. The van der Waals surface area contributed by atoms with Gasteiger partial charge in [0, 0.05) is 16.8 Å². The van der Waals surface area contributed by atoms with Gasteiger partial charge < -0.3 is 19.5 Å². The highest BCUT2D eigenvalue weighted by Gasteiger charge is 2.70. The monoisotopic (exact) mass is 637 g/mol. The molecule has 44 heavy (non-hydrogen) atoms. The van der Waals surface area contributed by atoms with E-state index in [4.69, 9.17) is 4.74 Å². The van der Waals surface area contributed by atoms with Gasteiger partial charge in [-0.1, -0.05) is 82.3 Å². The summed E-state index contributed by atoms with van der Waals surface area (Å²) in [4.78, 5) is 22.4. The van der Waals surface area contributed by atoms with E-state index in [-0.39, 0.29) is 17.7 Å². The van der Waals surface area contributed by atoms with Crippen LogP contribution >= 0.6 is 7.60 Å². The molecule has 0 saturated carbocycles. The van der Waals surface area contributed by atoms with Crippen molar-refractivity contribution in [3.05, 3.63) is 83.9 Å². The molecule has 3 rings (SSSR count). The van der Waals surface area contributed by atoms with Gasteiger partial charge in [0.05, 0.1) is 12.7 Å². The number of hydrogen-bond acceptors (Lipinski definition) is 4. The van der Waals surface area contributed by atoms with Crippen LogP contribution in [0.5, 0.6) is 5.75 Å². The molecule has 0 heterocycles. The Morgan fingerprint density at radius 1 is 0.841 bits per heavy atom. The van der Waals surface area contributed by atoms with Crippen LogP contribution in [0.2, 0.25) is 0 Å². The lowest BCUT2D eigenvalue weighted by Gasteiger charge is -2.30. The van der Waals surface area contributed by atoms with Crippen molar-refractivity contribution in [2.24, 2.45) is 0 Å². The molecule has 2 N–H and O–H groups in total. The molecule has 2 atom stereocenters. The molecule has 2 unspecified atom stereocenters. The molecule has 0 radical (unpaired) electrons. The normalized spacial score (nSPS) is 14.1. The lowest BCUT2D eigenvalue weighted by molar-refractivity contribution is -0.177. The number of halogens is 4. The minimum Gasteiger partial charge on any atom is -0.494 e. The van der Waals surface area contributed by atoms with Gasteiger partial charge in [-0.2, -0.15) is 17.6 Å². The molecule has 3 aromatic carbocycles. The van der Waals surface area contributed by atoms with Crippen molar-refractivity contribution >= 4 is 19.2 Å². The van der Waals surface area contributed by atoms with Gasteiger partial charge in [0.1, 0.15) is 5.75 Å². The van der Waals surface area contributed by atoms with Gasteiger partial charge in [0.25, 0.3) is 5.91 Å². The number of ether oxygens (including phenoxy) is 1. The summed E-state index contributed by atoms with van der Waals surface area (Å²) in [5, 5.41) is 2.53. The first-order valence-electron chi connectivity index (χ1n) is 14.8. The van der Waals surface area contributed by atoms with Crippen LogP contribution in [0.3, 0.4) is 0 Å². The molecule has 0 saturated heterocycles. The topological polar surface area (TPSA) is 84.9 Å². The summed E-state index contributed by atoms with van der Waals surface area (Å²) in [6.07, 6.45) is 6.10. The van der Waals surface area contributed by atoms with E-state index in [2.05, 4.69) is 16.8 Å². The number of alkyl halides is 4. The predicted octanol–water partition coefficient (Wildman–Crippen LogP) is 10.0. The van der Waals surface area contributed by atoms with Crippen LogP contribution in [0.4, 0.5) is 23.2 Å². The fourth-order valence-corrected chi connectivity index (χ4v) is 5.59. The van der Waals surface area contributed by atoms with Gasteiger partial charge in [-0.3, -0.25) is 9.36 Å². The van der Waals surface area contributed by atoms with Gasteiger partial charge in [-0.05, 0) is 67.3 Å². The third-order valence-corrected chi connectivity index (χ3v) is 8.87. The summed E-state index contributed by atoms with van der Waals surface area (Å²) in [6.45, 7) is 5.59. The SMILES string of the molecule is CCCCCCCCOc1ccc(-c2ccc(C(=O)Nc3ccc(C(F)(F)C(F)(F)P(=O)(O)OC(C)CC)cc3)cc2)cc1. The van der Waals surface area contributed by atoms with E-state index in [1.807, 2.05) is 24.3 Å². The third kappa shape index (κ3) is 8.93. The second kappa shape index (κ2) is 15.7. The van der Waals surface area contributed by atoms with E-state index >= 15 is 0 Å². The second-order valence-electron chi connectivity index (χ2n) is 10.7. The zero-order valence-corrected chi connectivity index (χ0v) is 26.1. The molecule has 6 nitrogen and oxygen atoms in total. The summed E-state index contributed by atoms with van der Waals surface area (Å²) in [7, 11) is -6.03. The Balaban J connectivity index is 1.58. The first kappa shape index (κ1) is 35.3. The van der Waals surface area contributed by atoms with Gasteiger partial charge in [0.2, 0.25) is 0 Å². The average Bonchev–Trinajstić information content (AvgIpc) is 3.01. The van der Waals surface area contributed by atoms with Crippen LogP contribution in [0, 0.1) is 0 Å². The van der Waals surface area contributed by atoms with Crippen LogP contribution in [0.25, 0.3) is 11.1 Å². The number of amides is 1. The fraction of sp³-hybridized carbons (Fsp3) is 0.424. The Morgan fingerprint density at radius 3 is 1.95 bits per heavy atom. The number of anilines is 1. The van der Waals surface area contributed by atoms with Crippen LogP contribution < -0.4 is 10.1 Å². The molecule has 3 aromatic rings. The zero-order chi connectivity index (χ0) is 32.4. The number of carbonyl (C=O) groups excluding carboxylic acids is 1. The zero-order valence-electron chi connectivity index (χ0n) is 25.2. The van der Waals surface area contributed by atoms with Crippen molar-refractivity contribution in [1.82, 2.24) is 0 Å². The highest BCUT2D eigenvalue weighted by Crippen LogP contribution is 2.66. The van der Waals surface area contributed by atoms with E-state index < -0.39 is 36.8 Å². The van der Waals surface area contributed by atoms with E-state index in [9.17, 15) is 31.8 Å². The van der Waals surface area contributed by atoms with Gasteiger partial charge >= 0.3 is 19.2 Å². The highest BCUT2D eigenvalue weighted by atomic mass is 31.2. The van der Waals surface area contributed by atoms with Crippen molar-refractivity contribution in [1.29, 1.82) is 0 Å². The van der Waals surface area contributed by atoms with Crippen molar-refractivity contribution in [3.63, 3.8) is 0 Å². The first-order chi connectivity index (χ1) is 20.8. The van der Waals surface area contributed by atoms with Crippen molar-refractivity contribution in [2.45, 2.75) is 83.4 Å². The average molecular weight is 638 g/mol. The smallest absolute Gasteiger partial charge is 0.411 e. The minimum atomic E-state index is -6.03. The summed E-state index contributed by atoms with van der Waals surface area (Å²) in [6, 6.07) is 17.7. The Hall–Kier alpha value is -3.20. The summed E-state index contributed by atoms with van der Waals surface area (Å²) in [5.41, 5.74) is -4.42. The third-order valence-electron chi connectivity index (χ3n) is 7.24. The summed E-state index contributed by atoms with van der Waals surface area (Å²) < 4.78 is 80.7. The van der Waals surface area contributed by atoms with E-state index in [0.717, 1.165) is 41.9 Å². The van der Waals surface area contributed by atoms with Gasteiger partial charge in [-0.15, -0.1) is 0 Å². The molecular weight excluding hydrogens is 597 g/mol. The maximum absolute atomic E-state index is 14.7. The number of benzene rings is 3. The Bertz CT molecular complexity index is 1380. The van der Waals surface area contributed by atoms with E-state index in [1.165, 1.54) is 39.5 Å². The van der Waals surface area contributed by atoms with Crippen molar-refractivity contribution in [2.75, 3.05) is 11.9 Å². The molecule has 11 heteroatoms. The maximum atomic E-state index is 14.7. The quantitative estimate of drug-likeness (QED) is 0.0874. The molecule has 1 amide bonds. The molecular formula is C33H40F4NO5P. The standard InChI is InChI=1S/C33H40F4NO5P/c1-4-6-7-8-9-10-23-42-30-21-15-26(16-22-30)25-11-13-27(14-12-25)31(39)38-29-19-17-28(18-20-29)32(34,35)33(36,37)44(40,41)43-24(3)5-2/h11-22,24H,4-10,23H2,1-3H3,(H,38,39)(H,40,41). The molecule has 0 spiro atoms. The molecule has 0 bridgehead atoms. The molecule has 240 valence electrons. The van der Waals surface area contributed by atoms with Gasteiger partial charge in [-0.25, -0.2) is 0 Å². The lowest BCUT2D eigenvalue weighted by atomic mass is 10.0. The van der Waals surface area contributed by atoms with Crippen LogP contribution in [-0.2, 0) is 15.0 Å². The number of carbonyl (C=O) groups is 1. The fourth-order valence-electron chi connectivity index (χ4n) is 4.33. The highest BCUT2D eigenvalue weighted by molar-refractivity contribution is 7.54. The maximum Gasteiger partial charge on any atom is 0.411 e. The Kier molecular flexibility index (Phi) is 12.6. The molecule has 0 fully saturated rings. The minimum absolute atomic E-state index is 0.0709. The van der Waals surface area contributed by atoms with E-state index in [0.29, 0.717) is 18.7 Å². The van der Waals surface area contributed by atoms with Crippen LogP contribution in [0.15, 0.2) is 72.8 Å². The van der Waals surface area contributed by atoms with Gasteiger partial charge in [0.15, 0.2) is 0 Å². The molecule has 0 aliphatic carbocycles. The second-order valence-corrected chi connectivity index (χ2v) is 12.5. The number of unbranched alkanes of at least 4 members (excludes halogenated alkanes) is 5. The number of hydrogen-bond donors (Lipinski definition) is 2.